The van der Waals surface area contributed by atoms with Crippen LogP contribution in [0.1, 0.15) is 17.0 Å². The number of aryl methyl sites for hydroxylation is 2. The summed E-state index contributed by atoms with van der Waals surface area (Å²) in [5, 5.41) is 12.9. The van der Waals surface area contributed by atoms with Crippen LogP contribution in [0.5, 0.6) is 0 Å². The highest BCUT2D eigenvalue weighted by Crippen LogP contribution is 2.23. The molecule has 0 aliphatic carbocycles. The predicted molar refractivity (Wildman–Crippen MR) is 103 cm³/mol. The Morgan fingerprint density at radius 3 is 2.50 bits per heavy atom. The lowest BCUT2D eigenvalue weighted by Crippen LogP contribution is -2.19. The van der Waals surface area contributed by atoms with Crippen molar-refractivity contribution < 1.29 is 4.79 Å². The van der Waals surface area contributed by atoms with Gasteiger partial charge in [-0.3, -0.25) is 14.2 Å². The quantitative estimate of drug-likeness (QED) is 0.678. The van der Waals surface area contributed by atoms with Crippen molar-refractivity contribution in [2.45, 2.75) is 26.9 Å². The molecule has 1 amide bonds. The smallest absolute Gasteiger partial charge is 0.247 e. The van der Waals surface area contributed by atoms with Crippen LogP contribution >= 0.6 is 34.8 Å². The molecule has 3 rings (SSSR count). The fourth-order valence-electron chi connectivity index (χ4n) is 2.45. The van der Waals surface area contributed by atoms with Gasteiger partial charge in [-0.05, 0) is 31.5 Å². The molecule has 1 N–H and O–H groups in total. The summed E-state index contributed by atoms with van der Waals surface area (Å²) < 4.78 is 3.27. The molecule has 2 aromatic heterocycles. The van der Waals surface area contributed by atoms with E-state index in [1.807, 2.05) is 13.0 Å². The van der Waals surface area contributed by atoms with Gasteiger partial charge in [0.1, 0.15) is 6.54 Å². The molecule has 0 saturated heterocycles. The first-order chi connectivity index (χ1) is 12.3. The van der Waals surface area contributed by atoms with E-state index in [1.54, 1.807) is 36.0 Å². The lowest BCUT2D eigenvalue weighted by atomic mass is 10.2. The number of halogens is 3. The van der Waals surface area contributed by atoms with Crippen molar-refractivity contribution in [3.8, 4) is 0 Å². The summed E-state index contributed by atoms with van der Waals surface area (Å²) in [5.41, 5.74) is 2.55. The summed E-state index contributed by atoms with van der Waals surface area (Å²) in [7, 11) is 0. The number of rotatable bonds is 5. The molecule has 0 spiro atoms. The molecular weight excluding hydrogens is 397 g/mol. The Morgan fingerprint density at radius 1 is 1.08 bits per heavy atom. The summed E-state index contributed by atoms with van der Waals surface area (Å²) in [4.78, 5) is 12.2. The molecule has 6 nitrogen and oxygen atoms in total. The number of nitrogens with zero attached hydrogens (tertiary/aromatic N) is 4. The van der Waals surface area contributed by atoms with Crippen molar-refractivity contribution in [2.24, 2.45) is 0 Å². The molecule has 0 aliphatic rings. The second-order valence-corrected chi connectivity index (χ2v) is 7.11. The van der Waals surface area contributed by atoms with Crippen LogP contribution in [0, 0.1) is 13.8 Å². The van der Waals surface area contributed by atoms with Gasteiger partial charge in [-0.1, -0.05) is 40.9 Å². The third-order valence-electron chi connectivity index (χ3n) is 3.76. The molecule has 0 fully saturated rings. The van der Waals surface area contributed by atoms with Gasteiger partial charge in [-0.2, -0.15) is 10.2 Å². The maximum atomic E-state index is 12.2. The molecule has 26 heavy (non-hydrogen) atoms. The molecule has 0 aliphatic heterocycles. The molecule has 0 radical (unpaired) electrons. The van der Waals surface area contributed by atoms with Crippen LogP contribution in [0.2, 0.25) is 15.1 Å². The predicted octanol–water partition coefficient (Wildman–Crippen LogP) is 4.34. The Bertz CT molecular complexity index is 944. The monoisotopic (exact) mass is 411 g/mol. The van der Waals surface area contributed by atoms with Gasteiger partial charge in [0, 0.05) is 18.0 Å². The average molecular weight is 413 g/mol. The number of carbonyl (C=O) groups excluding carboxylic acids is 1. The van der Waals surface area contributed by atoms with Gasteiger partial charge < -0.3 is 5.32 Å². The zero-order valence-corrected chi connectivity index (χ0v) is 16.4. The number of benzene rings is 1. The third kappa shape index (κ3) is 4.38. The van der Waals surface area contributed by atoms with Gasteiger partial charge in [0.15, 0.2) is 5.82 Å². The molecule has 0 saturated carbocycles. The Kier molecular flexibility index (Phi) is 5.55. The molecule has 3 aromatic rings. The second-order valence-electron chi connectivity index (χ2n) is 5.89. The van der Waals surface area contributed by atoms with Crippen molar-refractivity contribution >= 4 is 46.5 Å². The van der Waals surface area contributed by atoms with Crippen LogP contribution in [-0.2, 0) is 17.9 Å². The Morgan fingerprint density at radius 2 is 1.85 bits per heavy atom. The Labute approximate surface area is 165 Å². The van der Waals surface area contributed by atoms with Crippen molar-refractivity contribution in [3.63, 3.8) is 0 Å². The number of anilines is 1. The molecule has 2 heterocycles. The van der Waals surface area contributed by atoms with Crippen LogP contribution in [-0.4, -0.2) is 25.5 Å². The van der Waals surface area contributed by atoms with E-state index in [-0.39, 0.29) is 12.5 Å². The van der Waals surface area contributed by atoms with E-state index in [2.05, 4.69) is 15.5 Å². The van der Waals surface area contributed by atoms with Gasteiger partial charge in [-0.15, -0.1) is 0 Å². The maximum absolute atomic E-state index is 12.2. The van der Waals surface area contributed by atoms with Crippen LogP contribution in [0.3, 0.4) is 0 Å². The van der Waals surface area contributed by atoms with Crippen molar-refractivity contribution in [3.05, 3.63) is 62.5 Å². The van der Waals surface area contributed by atoms with Gasteiger partial charge in [0.05, 0.1) is 27.3 Å². The Hall–Kier alpha value is -2.02. The van der Waals surface area contributed by atoms with E-state index in [1.165, 1.54) is 4.68 Å². The lowest BCUT2D eigenvalue weighted by molar-refractivity contribution is -0.116. The van der Waals surface area contributed by atoms with Gasteiger partial charge in [0.2, 0.25) is 5.91 Å². The van der Waals surface area contributed by atoms with Crippen LogP contribution < -0.4 is 5.32 Å². The van der Waals surface area contributed by atoms with Crippen molar-refractivity contribution in [1.82, 2.24) is 19.6 Å². The van der Waals surface area contributed by atoms with E-state index in [4.69, 9.17) is 34.8 Å². The van der Waals surface area contributed by atoms with Crippen LogP contribution in [0.25, 0.3) is 0 Å². The number of amides is 1. The number of nitrogens with one attached hydrogen (secondary N) is 1. The fraction of sp³-hybridized carbons (Fsp3) is 0.235. The molecule has 1 aromatic carbocycles. The molecular formula is C17H16Cl3N5O. The average Bonchev–Trinajstić information content (AvgIpc) is 3.05. The first-order valence-corrected chi connectivity index (χ1v) is 8.93. The minimum atomic E-state index is -0.233. The molecule has 136 valence electrons. The van der Waals surface area contributed by atoms with E-state index in [0.29, 0.717) is 33.1 Å². The summed E-state index contributed by atoms with van der Waals surface area (Å²) >= 11 is 17.9. The first-order valence-electron chi connectivity index (χ1n) is 7.79. The van der Waals surface area contributed by atoms with Crippen LogP contribution in [0.15, 0.2) is 30.5 Å². The van der Waals surface area contributed by atoms with E-state index in [0.717, 1.165) is 11.3 Å². The summed E-state index contributed by atoms with van der Waals surface area (Å²) in [6, 6.07) is 7.24. The van der Waals surface area contributed by atoms with Crippen molar-refractivity contribution in [1.29, 1.82) is 0 Å². The molecule has 9 heteroatoms. The van der Waals surface area contributed by atoms with Gasteiger partial charge in [-0.25, -0.2) is 0 Å². The van der Waals surface area contributed by atoms with Crippen LogP contribution in [0.4, 0.5) is 5.82 Å². The number of aromatic nitrogens is 4. The first kappa shape index (κ1) is 18.8. The second kappa shape index (κ2) is 7.70. The molecule has 0 unspecified atom stereocenters. The van der Waals surface area contributed by atoms with E-state index >= 15 is 0 Å². The summed E-state index contributed by atoms with van der Waals surface area (Å²) in [6.45, 7) is 4.28. The number of hydrogen-bond donors (Lipinski definition) is 1. The topological polar surface area (TPSA) is 64.7 Å². The Balaban J connectivity index is 1.67. The number of carbonyl (C=O) groups is 1. The van der Waals surface area contributed by atoms with Gasteiger partial charge >= 0.3 is 0 Å². The van der Waals surface area contributed by atoms with Crippen molar-refractivity contribution in [2.75, 3.05) is 5.32 Å². The summed E-state index contributed by atoms with van der Waals surface area (Å²) in [5.74, 6) is 0.242. The normalized spacial score (nSPS) is 11.0. The minimum absolute atomic E-state index is 0.0618. The van der Waals surface area contributed by atoms with E-state index < -0.39 is 0 Å². The fourth-order valence-corrected chi connectivity index (χ4v) is 2.92. The maximum Gasteiger partial charge on any atom is 0.247 e. The zero-order valence-electron chi connectivity index (χ0n) is 14.1. The third-order valence-corrected chi connectivity index (χ3v) is 4.87. The molecule has 0 atom stereocenters. The van der Waals surface area contributed by atoms with Gasteiger partial charge in [0.25, 0.3) is 0 Å². The minimum Gasteiger partial charge on any atom is -0.308 e. The summed E-state index contributed by atoms with van der Waals surface area (Å²) in [6.07, 6.45) is 1.62. The highest BCUT2D eigenvalue weighted by Gasteiger charge is 2.11. The number of hydrogen-bond acceptors (Lipinski definition) is 3. The highest BCUT2D eigenvalue weighted by atomic mass is 35.5. The SMILES string of the molecule is Cc1nn(CC(=O)Nc2cc(C)n(Cc3ccc(Cl)c(Cl)c3)n2)cc1Cl. The zero-order chi connectivity index (χ0) is 18.8. The van der Waals surface area contributed by atoms with E-state index in [9.17, 15) is 4.79 Å². The molecule has 0 bridgehead atoms. The highest BCUT2D eigenvalue weighted by molar-refractivity contribution is 6.42. The lowest BCUT2D eigenvalue weighted by Gasteiger charge is -2.06. The largest absolute Gasteiger partial charge is 0.308 e. The standard InChI is InChI=1S/C17H16Cl3N5O/c1-10-5-16(21-17(26)9-24-8-15(20)11(2)22-24)23-25(10)7-12-3-4-13(18)14(19)6-12/h3-6,8H,7,9H2,1-2H3,(H,21,23,26).